The second kappa shape index (κ2) is 5.54. The number of aromatic amines is 1. The summed E-state index contributed by atoms with van der Waals surface area (Å²) in [5.74, 6) is 0.140. The highest BCUT2D eigenvalue weighted by Crippen LogP contribution is 2.20. The molecule has 11 nitrogen and oxygen atoms in total. The molecule has 0 saturated heterocycles. The van der Waals surface area contributed by atoms with Crippen molar-refractivity contribution in [2.24, 2.45) is 14.1 Å². The minimum atomic E-state index is -4.08. The molecule has 3 aromatic heterocycles. The summed E-state index contributed by atoms with van der Waals surface area (Å²) in [6, 6.07) is 4.30. The largest absolute Gasteiger partial charge is 0.328 e. The van der Waals surface area contributed by atoms with Gasteiger partial charge in [0.15, 0.2) is 0 Å². The van der Waals surface area contributed by atoms with E-state index in [1.807, 2.05) is 0 Å². The van der Waals surface area contributed by atoms with Crippen molar-refractivity contribution in [3.05, 3.63) is 51.1 Å². The predicted molar refractivity (Wildman–Crippen MR) is 97.3 cm³/mol. The number of rotatable bonds is 3. The summed E-state index contributed by atoms with van der Waals surface area (Å²) in [5.41, 5.74) is 0.184. The number of benzene rings is 1. The van der Waals surface area contributed by atoms with Crippen molar-refractivity contribution in [3.8, 4) is 0 Å². The fourth-order valence-electron chi connectivity index (χ4n) is 2.93. The lowest BCUT2D eigenvalue weighted by Crippen LogP contribution is -2.25. The number of hydrogen-bond donors (Lipinski definition) is 2. The fraction of sp³-hybridized carbons (Fsp3) is 0.200. The Bertz CT molecular complexity index is 1440. The number of nitrogens with one attached hydrogen (secondary N) is 2. The summed E-state index contributed by atoms with van der Waals surface area (Å²) in [5, 5.41) is 2.58. The highest BCUT2D eigenvalue weighted by molar-refractivity contribution is 7.92. The first-order chi connectivity index (χ1) is 12.7. The van der Waals surface area contributed by atoms with E-state index in [-0.39, 0.29) is 27.7 Å². The van der Waals surface area contributed by atoms with Crippen LogP contribution >= 0.6 is 0 Å². The summed E-state index contributed by atoms with van der Waals surface area (Å²) < 4.78 is 31.7. The van der Waals surface area contributed by atoms with Gasteiger partial charge < -0.3 is 0 Å². The van der Waals surface area contributed by atoms with Gasteiger partial charge in [-0.15, -0.1) is 0 Å². The van der Waals surface area contributed by atoms with E-state index in [4.69, 9.17) is 0 Å². The lowest BCUT2D eigenvalue weighted by atomic mass is 10.3. The number of H-pyrrole nitrogens is 1. The fourth-order valence-corrected chi connectivity index (χ4v) is 4.06. The molecule has 0 unspecified atom stereocenters. The van der Waals surface area contributed by atoms with Crippen LogP contribution in [0.5, 0.6) is 0 Å². The van der Waals surface area contributed by atoms with E-state index in [1.165, 1.54) is 34.5 Å². The number of hydrogen-bond acceptors (Lipinski definition) is 6. The first-order valence-corrected chi connectivity index (χ1v) is 9.30. The third-order valence-electron chi connectivity index (χ3n) is 4.40. The van der Waals surface area contributed by atoms with Crippen LogP contribution in [-0.4, -0.2) is 37.1 Å². The molecule has 0 aliphatic carbocycles. The van der Waals surface area contributed by atoms with Crippen LogP contribution in [0.3, 0.4) is 0 Å². The lowest BCUT2D eigenvalue weighted by Gasteiger charge is -2.10. The minimum Gasteiger partial charge on any atom is -0.295 e. The number of anilines is 1. The molecule has 0 aliphatic heterocycles. The van der Waals surface area contributed by atoms with Crippen molar-refractivity contribution in [2.75, 3.05) is 4.72 Å². The maximum Gasteiger partial charge on any atom is 0.328 e. The monoisotopic (exact) mass is 389 g/mol. The lowest BCUT2D eigenvalue weighted by molar-refractivity contribution is 0.601. The van der Waals surface area contributed by atoms with Crippen LogP contribution in [-0.2, 0) is 24.1 Å². The Balaban J connectivity index is 1.85. The van der Waals surface area contributed by atoms with Gasteiger partial charge in [-0.05, 0) is 25.1 Å². The van der Waals surface area contributed by atoms with E-state index in [0.29, 0.717) is 11.0 Å². The molecule has 0 radical (unpaired) electrons. The van der Waals surface area contributed by atoms with E-state index in [0.717, 1.165) is 4.52 Å². The van der Waals surface area contributed by atoms with Crippen molar-refractivity contribution < 1.29 is 8.42 Å². The maximum atomic E-state index is 12.8. The van der Waals surface area contributed by atoms with Gasteiger partial charge in [0.2, 0.25) is 0 Å². The number of nitrogens with zero attached hydrogens (tertiary/aromatic N) is 5. The number of imidazole rings is 1. The van der Waals surface area contributed by atoms with Crippen LogP contribution in [0, 0.1) is 6.92 Å². The third kappa shape index (κ3) is 2.44. The molecule has 4 aromatic rings. The van der Waals surface area contributed by atoms with Crippen LogP contribution in [0.1, 0.15) is 5.69 Å². The predicted octanol–water partition coefficient (Wildman–Crippen LogP) is -0.283. The maximum absolute atomic E-state index is 12.8. The van der Waals surface area contributed by atoms with Crippen LogP contribution in [0.15, 0.2) is 39.0 Å². The van der Waals surface area contributed by atoms with Crippen molar-refractivity contribution in [1.29, 1.82) is 0 Å². The molecule has 0 spiro atoms. The summed E-state index contributed by atoms with van der Waals surface area (Å²) >= 11 is 0. The van der Waals surface area contributed by atoms with Gasteiger partial charge in [-0.3, -0.25) is 23.7 Å². The molecule has 0 saturated carbocycles. The van der Waals surface area contributed by atoms with Gasteiger partial charge in [-0.1, -0.05) is 0 Å². The summed E-state index contributed by atoms with van der Waals surface area (Å²) in [7, 11) is -0.924. The molecule has 0 bridgehead atoms. The average molecular weight is 389 g/mol. The van der Waals surface area contributed by atoms with E-state index < -0.39 is 15.6 Å². The smallest absolute Gasteiger partial charge is 0.295 e. The van der Waals surface area contributed by atoms with Gasteiger partial charge in [0.05, 0.1) is 21.6 Å². The van der Waals surface area contributed by atoms with Gasteiger partial charge in [-0.2, -0.15) is 4.52 Å². The highest BCUT2D eigenvalue weighted by atomic mass is 32.2. The topological polar surface area (TPSA) is 136 Å². The Morgan fingerprint density at radius 2 is 1.81 bits per heavy atom. The van der Waals surface area contributed by atoms with E-state index in [1.54, 1.807) is 20.2 Å². The molecule has 4 rings (SSSR count). The van der Waals surface area contributed by atoms with Crippen molar-refractivity contribution >= 4 is 32.5 Å². The van der Waals surface area contributed by atoms with Crippen molar-refractivity contribution in [3.63, 3.8) is 0 Å². The van der Waals surface area contributed by atoms with Crippen LogP contribution in [0.25, 0.3) is 16.8 Å². The molecule has 0 aliphatic rings. The Morgan fingerprint density at radius 1 is 1.11 bits per heavy atom. The number of fused-ring (bicyclic) bond motifs is 2. The van der Waals surface area contributed by atoms with Crippen LogP contribution < -0.4 is 16.0 Å². The zero-order valence-corrected chi connectivity index (χ0v) is 15.4. The van der Waals surface area contributed by atoms with Crippen molar-refractivity contribution in [2.45, 2.75) is 11.8 Å². The van der Waals surface area contributed by atoms with Gasteiger partial charge >= 0.3 is 5.69 Å². The molecular formula is C15H15N7O4S. The third-order valence-corrected chi connectivity index (χ3v) is 5.75. The molecule has 140 valence electrons. The molecule has 12 heteroatoms. The molecule has 2 N–H and O–H groups in total. The van der Waals surface area contributed by atoms with Gasteiger partial charge in [0.25, 0.3) is 21.4 Å². The zero-order valence-electron chi connectivity index (χ0n) is 14.6. The molecule has 1 aromatic carbocycles. The Kier molecular flexibility index (Phi) is 3.49. The molecule has 3 heterocycles. The SMILES string of the molecule is Cc1nc2nc[nH]n2c(=O)c1NS(=O)(=O)c1ccc2c(c1)n(C)c(=O)n2C. The summed E-state index contributed by atoms with van der Waals surface area (Å²) in [6.07, 6.45) is 1.28. The highest BCUT2D eigenvalue weighted by Gasteiger charge is 2.21. The van der Waals surface area contributed by atoms with E-state index in [9.17, 15) is 18.0 Å². The quantitative estimate of drug-likeness (QED) is 0.494. The van der Waals surface area contributed by atoms with Crippen LogP contribution in [0.2, 0.25) is 0 Å². The van der Waals surface area contributed by atoms with E-state index in [2.05, 4.69) is 19.8 Å². The molecule has 0 fully saturated rings. The first-order valence-electron chi connectivity index (χ1n) is 7.82. The standard InChI is InChI=1S/C15H15N7O4S/c1-8-12(13(23)22-14(18-8)16-7-17-22)19-27(25,26)9-4-5-10-11(6-9)21(3)15(24)20(10)2/h4-7,19H,1-3H3,(H,16,17,18). The number of aromatic nitrogens is 6. The summed E-state index contributed by atoms with van der Waals surface area (Å²) in [4.78, 5) is 32.4. The molecule has 27 heavy (non-hydrogen) atoms. The normalized spacial score (nSPS) is 12.1. The second-order valence-electron chi connectivity index (χ2n) is 6.06. The van der Waals surface area contributed by atoms with Crippen LogP contribution in [0.4, 0.5) is 5.69 Å². The molecular weight excluding hydrogens is 374 g/mol. The second-order valence-corrected chi connectivity index (χ2v) is 7.74. The Hall–Kier alpha value is -3.41. The molecule has 0 atom stereocenters. The minimum absolute atomic E-state index is 0.0790. The average Bonchev–Trinajstić information content (AvgIpc) is 3.18. The Morgan fingerprint density at radius 3 is 2.56 bits per heavy atom. The number of aryl methyl sites for hydroxylation is 3. The Labute approximate surface area is 151 Å². The number of sulfonamides is 1. The first kappa shape index (κ1) is 17.0. The van der Waals surface area contributed by atoms with E-state index >= 15 is 0 Å². The zero-order chi connectivity index (χ0) is 19.5. The van der Waals surface area contributed by atoms with Crippen molar-refractivity contribution in [1.82, 2.24) is 28.7 Å². The molecule has 0 amide bonds. The van der Waals surface area contributed by atoms with Gasteiger partial charge in [0, 0.05) is 14.1 Å². The summed E-state index contributed by atoms with van der Waals surface area (Å²) in [6.45, 7) is 1.51. The van der Waals surface area contributed by atoms with Gasteiger partial charge in [-0.25, -0.2) is 23.2 Å². The van der Waals surface area contributed by atoms with Gasteiger partial charge in [0.1, 0.15) is 12.0 Å².